The predicted molar refractivity (Wildman–Crippen MR) is 223 cm³/mol. The van der Waals surface area contributed by atoms with Crippen LogP contribution in [0.25, 0.3) is 0 Å². The van der Waals surface area contributed by atoms with E-state index in [9.17, 15) is 29.7 Å². The van der Waals surface area contributed by atoms with Crippen molar-refractivity contribution in [1.29, 1.82) is 0 Å². The fourth-order valence-corrected chi connectivity index (χ4v) is 8.33. The number of methoxy groups -OCH3 is 4. The van der Waals surface area contributed by atoms with Gasteiger partial charge in [0.15, 0.2) is 0 Å². The SMILES string of the molecule is CO[C@H]([C@H](C)/C=C/N(C)C=O)[C@@H](C)C(=O)CC[C@H](C)[C@H](O)[C@H](C)[C@H]1OC(=O)/C=C/C(C)=C/C[C@H](O)C[C@H]2C=CC[C@@H](C[C@H](OC)[C@](C)(O)[C@@H](OC)C[C@@H](OC)[C@@H]1C)O2. The molecule has 0 aliphatic carbocycles. The Bertz CT molecular complexity index is 1380. The molecule has 0 saturated carbocycles. The maximum Gasteiger partial charge on any atom is 0.331 e. The van der Waals surface area contributed by atoms with Gasteiger partial charge in [-0.3, -0.25) is 9.59 Å². The molecule has 2 rings (SSSR count). The van der Waals surface area contributed by atoms with E-state index in [0.717, 1.165) is 5.57 Å². The number of amides is 1. The molecule has 0 aromatic heterocycles. The molecule has 2 aliphatic heterocycles. The Balaban J connectivity index is 2.40. The van der Waals surface area contributed by atoms with Gasteiger partial charge < -0.3 is 48.6 Å². The van der Waals surface area contributed by atoms with Crippen LogP contribution in [0.5, 0.6) is 0 Å². The quantitative estimate of drug-likeness (QED) is 0.104. The minimum Gasteiger partial charge on any atom is -0.458 e. The van der Waals surface area contributed by atoms with Crippen molar-refractivity contribution in [2.24, 2.45) is 29.6 Å². The average molecular weight is 822 g/mol. The van der Waals surface area contributed by atoms with Crippen molar-refractivity contribution in [3.63, 3.8) is 0 Å². The number of hydrogen-bond donors (Lipinski definition) is 3. The first-order valence-corrected chi connectivity index (χ1v) is 20.8. The number of Topliss-reactive ketones (excluding diaryl/α,β-unsaturated/α-hetero) is 1. The van der Waals surface area contributed by atoms with Crippen LogP contribution in [0.3, 0.4) is 0 Å². The maximum atomic E-state index is 13.5. The van der Waals surface area contributed by atoms with Crippen LogP contribution in [0.2, 0.25) is 0 Å². The van der Waals surface area contributed by atoms with Gasteiger partial charge in [0, 0.05) is 97.1 Å². The first kappa shape index (κ1) is 51.4. The van der Waals surface area contributed by atoms with E-state index in [2.05, 4.69) is 0 Å². The number of allylic oxidation sites excluding steroid dienone is 2. The molecule has 0 spiro atoms. The molecule has 58 heavy (non-hydrogen) atoms. The van der Waals surface area contributed by atoms with Crippen molar-refractivity contribution in [3.05, 3.63) is 48.2 Å². The fraction of sp³-hybridized carbons (Fsp3) is 0.756. The van der Waals surface area contributed by atoms with Gasteiger partial charge in [-0.25, -0.2) is 4.79 Å². The zero-order valence-corrected chi connectivity index (χ0v) is 37.1. The van der Waals surface area contributed by atoms with E-state index in [1.165, 1.54) is 18.1 Å². The molecule has 13 heteroatoms. The van der Waals surface area contributed by atoms with Gasteiger partial charge in [-0.15, -0.1) is 0 Å². The topological polar surface area (TPSA) is 171 Å². The van der Waals surface area contributed by atoms with Crippen molar-refractivity contribution in [1.82, 2.24) is 4.90 Å². The standard InChI is InChI=1S/C45H75NO12/c1-28-16-19-34(48)24-35-14-13-15-36(57-35)25-39(54-10)45(7,52)40(55-11)26-38(53-9)32(5)44(58-41(50)21-17-28)33(6)42(51)29(2)18-20-37(49)31(4)43(56-12)30(3)22-23-46(8)27-47/h13-14,16-17,21-23,27,29-36,38-40,42-44,48,51-52H,15,18-20,24-26H2,1-12H3/b21-17+,23-22+,28-16+/t29-,30+,31-,32-,33-,34-,35+,36-,38+,39-,40-,42-,43+,44-,45-/m0/s1. The van der Waals surface area contributed by atoms with Gasteiger partial charge in [0.05, 0.1) is 48.8 Å². The fourth-order valence-electron chi connectivity index (χ4n) is 8.33. The third kappa shape index (κ3) is 15.4. The maximum absolute atomic E-state index is 13.5. The number of fused-ring (bicyclic) bond motifs is 2. The number of ether oxygens (including phenoxy) is 6. The summed E-state index contributed by atoms with van der Waals surface area (Å²) in [5.41, 5.74) is -0.728. The third-order valence-corrected chi connectivity index (χ3v) is 12.3. The van der Waals surface area contributed by atoms with Gasteiger partial charge in [-0.2, -0.15) is 0 Å². The second-order valence-corrected chi connectivity index (χ2v) is 16.8. The number of ketones is 1. The summed E-state index contributed by atoms with van der Waals surface area (Å²) in [4.78, 5) is 39.3. The van der Waals surface area contributed by atoms with Gasteiger partial charge >= 0.3 is 5.97 Å². The molecule has 0 aromatic rings. The lowest BCUT2D eigenvalue weighted by atomic mass is 9.77. The zero-order valence-electron chi connectivity index (χ0n) is 37.1. The van der Waals surface area contributed by atoms with Crippen molar-refractivity contribution in [2.45, 2.75) is 154 Å². The Labute approximate surface area is 347 Å². The highest BCUT2D eigenvalue weighted by molar-refractivity contribution is 5.82. The molecule has 15 atom stereocenters. The molecule has 0 fully saturated rings. The molecule has 13 nitrogen and oxygen atoms in total. The third-order valence-electron chi connectivity index (χ3n) is 12.3. The number of cyclic esters (lactones) is 1. The number of aliphatic hydroxyl groups excluding tert-OH is 2. The number of hydrogen-bond acceptors (Lipinski definition) is 12. The summed E-state index contributed by atoms with van der Waals surface area (Å²) in [7, 11) is 7.81. The Morgan fingerprint density at radius 2 is 1.69 bits per heavy atom. The van der Waals surface area contributed by atoms with Crippen molar-refractivity contribution in [3.8, 4) is 0 Å². The largest absolute Gasteiger partial charge is 0.458 e. The molecule has 0 radical (unpaired) electrons. The van der Waals surface area contributed by atoms with Crippen LogP contribution in [-0.4, -0.2) is 134 Å². The lowest BCUT2D eigenvalue weighted by Crippen LogP contribution is -2.55. The lowest BCUT2D eigenvalue weighted by Gasteiger charge is -2.42. The molecular weight excluding hydrogens is 746 g/mol. The summed E-state index contributed by atoms with van der Waals surface area (Å²) in [6, 6.07) is 0. The Morgan fingerprint density at radius 1 is 1.03 bits per heavy atom. The Kier molecular flexibility index (Phi) is 22.3. The van der Waals surface area contributed by atoms with E-state index in [-0.39, 0.29) is 42.7 Å². The van der Waals surface area contributed by atoms with Crippen LogP contribution in [0.1, 0.15) is 93.4 Å². The highest BCUT2D eigenvalue weighted by atomic mass is 16.6. The van der Waals surface area contributed by atoms with Crippen LogP contribution in [0.15, 0.2) is 48.2 Å². The van der Waals surface area contributed by atoms with Crippen LogP contribution in [-0.2, 0) is 42.8 Å². The molecule has 2 aliphatic rings. The van der Waals surface area contributed by atoms with Gasteiger partial charge in [-0.05, 0) is 39.0 Å². The molecule has 0 saturated heterocycles. The van der Waals surface area contributed by atoms with Crippen molar-refractivity contribution < 1.29 is 58.1 Å². The van der Waals surface area contributed by atoms with E-state index in [4.69, 9.17) is 28.4 Å². The van der Waals surface area contributed by atoms with Crippen LogP contribution >= 0.6 is 0 Å². The minimum absolute atomic E-state index is 0.0104. The number of aliphatic hydroxyl groups is 3. The number of carbonyl (C=O) groups excluding carboxylic acids is 3. The highest BCUT2D eigenvalue weighted by Gasteiger charge is 2.46. The van der Waals surface area contributed by atoms with Gasteiger partial charge in [0.25, 0.3) is 0 Å². The summed E-state index contributed by atoms with van der Waals surface area (Å²) in [6.07, 6.45) is 10.0. The summed E-state index contributed by atoms with van der Waals surface area (Å²) in [6.45, 7) is 12.9. The summed E-state index contributed by atoms with van der Waals surface area (Å²) < 4.78 is 36.1. The summed E-state index contributed by atoms with van der Waals surface area (Å²) >= 11 is 0. The average Bonchev–Trinajstić information content (AvgIpc) is 3.20. The number of rotatable bonds is 16. The second kappa shape index (κ2) is 25.1. The number of carbonyl (C=O) groups is 3. The summed E-state index contributed by atoms with van der Waals surface area (Å²) in [5, 5.41) is 34.7. The summed E-state index contributed by atoms with van der Waals surface area (Å²) in [5.74, 6) is -2.64. The Hall–Kier alpha value is -2.75. The first-order chi connectivity index (χ1) is 27.3. The highest BCUT2D eigenvalue weighted by Crippen LogP contribution is 2.35. The van der Waals surface area contributed by atoms with Crippen LogP contribution in [0, 0.1) is 29.6 Å². The van der Waals surface area contributed by atoms with Crippen LogP contribution < -0.4 is 0 Å². The van der Waals surface area contributed by atoms with E-state index >= 15 is 0 Å². The monoisotopic (exact) mass is 822 g/mol. The van der Waals surface area contributed by atoms with Gasteiger partial charge in [0.1, 0.15) is 17.5 Å². The lowest BCUT2D eigenvalue weighted by molar-refractivity contribution is -0.184. The van der Waals surface area contributed by atoms with E-state index < -0.39 is 72.1 Å². The molecule has 0 aromatic carbocycles. The molecule has 1 amide bonds. The zero-order chi connectivity index (χ0) is 43.7. The second-order valence-electron chi connectivity index (χ2n) is 16.8. The van der Waals surface area contributed by atoms with Gasteiger partial charge in [0.2, 0.25) is 6.41 Å². The number of nitrogens with zero attached hydrogens (tertiary/aromatic N) is 1. The Morgan fingerprint density at radius 3 is 2.29 bits per heavy atom. The number of esters is 1. The molecular formula is C45H75NO12. The molecule has 0 unspecified atom stereocenters. The normalized spacial score (nSPS) is 34.1. The van der Waals surface area contributed by atoms with Gasteiger partial charge in [-0.1, -0.05) is 70.6 Å². The smallest absolute Gasteiger partial charge is 0.331 e. The minimum atomic E-state index is -1.50. The first-order valence-electron chi connectivity index (χ1n) is 20.8. The molecule has 332 valence electrons. The molecule has 2 heterocycles. The van der Waals surface area contributed by atoms with Crippen molar-refractivity contribution in [2.75, 3.05) is 35.5 Å². The van der Waals surface area contributed by atoms with E-state index in [1.807, 2.05) is 65.8 Å². The molecule has 2 bridgehead atoms. The molecule has 3 N–H and O–H groups in total. The van der Waals surface area contributed by atoms with E-state index in [1.54, 1.807) is 47.6 Å². The predicted octanol–water partition coefficient (Wildman–Crippen LogP) is 5.35. The van der Waals surface area contributed by atoms with E-state index in [0.29, 0.717) is 38.5 Å². The van der Waals surface area contributed by atoms with Crippen molar-refractivity contribution >= 4 is 18.2 Å². The van der Waals surface area contributed by atoms with Crippen LogP contribution in [0.4, 0.5) is 0 Å².